The van der Waals surface area contributed by atoms with E-state index >= 15 is 0 Å². The molecule has 9 heavy (non-hydrogen) atoms. The first-order valence-electron chi connectivity index (χ1n) is 0.867. The second kappa shape index (κ2) is 10.6. The standard InChI is InChI=1S/2H3N.H2O4S.H2O2/c;;1-5(2,3)4;1-2/h2*1H3;(H2,1,2,3,4);1-2H. The molecule has 0 bridgehead atoms. The first-order chi connectivity index (χ1) is 3.00. The number of hydrogen-bond acceptors (Lipinski definition) is 6. The Bertz CT molecular complexity index is 94.2. The molecule has 0 radical (unpaired) electrons. The van der Waals surface area contributed by atoms with E-state index in [-0.39, 0.29) is 12.3 Å². The van der Waals surface area contributed by atoms with Crippen molar-refractivity contribution >= 4 is 10.4 Å². The molecule has 0 saturated carbocycles. The van der Waals surface area contributed by atoms with Gasteiger partial charge in [0.2, 0.25) is 0 Å². The van der Waals surface area contributed by atoms with Crippen LogP contribution in [0.15, 0.2) is 0 Å². The predicted molar refractivity (Wildman–Crippen MR) is 27.7 cm³/mol. The highest BCUT2D eigenvalue weighted by atomic mass is 32.3. The van der Waals surface area contributed by atoms with Gasteiger partial charge < -0.3 is 21.4 Å². The third-order valence-electron chi connectivity index (χ3n) is 0. The van der Waals surface area contributed by atoms with Gasteiger partial charge in [0.25, 0.3) is 0 Å². The van der Waals surface area contributed by atoms with E-state index in [9.17, 15) is 0 Å². The maximum Gasteiger partial charge on any atom is 0.0311 e. The molecule has 0 aliphatic carbocycles. The Labute approximate surface area is 51.8 Å². The van der Waals surface area contributed by atoms with E-state index < -0.39 is 10.4 Å². The average molecular weight is 166 g/mol. The lowest BCUT2D eigenvalue weighted by Crippen LogP contribution is -1.91. The largest absolute Gasteiger partial charge is 0.759 e. The van der Waals surface area contributed by atoms with Gasteiger partial charge in [-0.25, -0.2) is 0 Å². The summed E-state index contributed by atoms with van der Waals surface area (Å²) >= 11 is 0. The normalized spacial score (nSPS) is 7.11. The molecule has 0 unspecified atom stereocenters. The van der Waals surface area contributed by atoms with Crippen LogP contribution in [-0.4, -0.2) is 28.0 Å². The zero-order valence-electron chi connectivity index (χ0n) is 4.94. The summed E-state index contributed by atoms with van der Waals surface area (Å²) in [5, 5.41) is 12.0. The summed E-state index contributed by atoms with van der Waals surface area (Å²) < 4.78 is 34.1. The van der Waals surface area contributed by atoms with Gasteiger partial charge in [0.1, 0.15) is 0 Å². The van der Waals surface area contributed by atoms with Gasteiger partial charge in [-0.3, -0.25) is 18.9 Å². The molecule has 10 N–H and O–H groups in total. The number of quaternary nitrogens is 2. The highest BCUT2D eigenvalue weighted by molar-refractivity contribution is 7.79. The van der Waals surface area contributed by atoms with Gasteiger partial charge in [-0.1, -0.05) is 0 Å². The zero-order chi connectivity index (χ0) is 6.50. The molecule has 8 nitrogen and oxygen atoms in total. The fourth-order valence-corrected chi connectivity index (χ4v) is 0. The van der Waals surface area contributed by atoms with Crippen molar-refractivity contribution in [2.75, 3.05) is 0 Å². The number of rotatable bonds is 0. The van der Waals surface area contributed by atoms with Gasteiger partial charge >= 0.3 is 0 Å². The van der Waals surface area contributed by atoms with Crippen molar-refractivity contribution < 1.29 is 28.0 Å². The molecule has 0 aliphatic rings. The Morgan fingerprint density at radius 2 is 1.00 bits per heavy atom. The van der Waals surface area contributed by atoms with Crippen LogP contribution in [0.1, 0.15) is 0 Å². The lowest BCUT2D eigenvalue weighted by molar-refractivity contribution is -0.176. The molecule has 0 aromatic rings. The first kappa shape index (κ1) is 23.3. The Kier molecular flexibility index (Phi) is 27.6. The molecule has 0 spiro atoms. The Morgan fingerprint density at radius 3 is 1.00 bits per heavy atom. The lowest BCUT2D eigenvalue weighted by atomic mass is 14.0. The highest BCUT2D eigenvalue weighted by Gasteiger charge is 1.49. The molecule has 9 heteroatoms. The zero-order valence-corrected chi connectivity index (χ0v) is 5.75. The molecule has 0 heterocycles. The molecular formula is H10N2O6S. The monoisotopic (exact) mass is 166 g/mol. The number of hydrogen-bond donors (Lipinski definition) is 4. The van der Waals surface area contributed by atoms with Crippen molar-refractivity contribution in [1.82, 2.24) is 12.3 Å². The minimum atomic E-state index is -5.17. The second-order valence-corrected chi connectivity index (χ2v) is 1.22. The maximum absolute atomic E-state index is 8.52. The van der Waals surface area contributed by atoms with Gasteiger partial charge in [0.05, 0.1) is 0 Å². The molecule has 0 aliphatic heterocycles. The van der Waals surface area contributed by atoms with Crippen LogP contribution in [-0.2, 0) is 10.4 Å². The van der Waals surface area contributed by atoms with Gasteiger partial charge in [-0.05, 0) is 0 Å². The summed E-state index contributed by atoms with van der Waals surface area (Å²) in [6, 6.07) is 0. The van der Waals surface area contributed by atoms with Crippen molar-refractivity contribution in [2.45, 2.75) is 0 Å². The predicted octanol–water partition coefficient (Wildman–Crippen LogP) is -0.568. The van der Waals surface area contributed by atoms with Crippen LogP contribution in [0.2, 0.25) is 0 Å². The van der Waals surface area contributed by atoms with Gasteiger partial charge in [0.15, 0.2) is 0 Å². The minimum absolute atomic E-state index is 0. The van der Waals surface area contributed by atoms with Gasteiger partial charge in [-0.15, -0.1) is 0 Å². The Morgan fingerprint density at radius 1 is 1.00 bits per heavy atom. The molecule has 62 valence electrons. The summed E-state index contributed by atoms with van der Waals surface area (Å²) in [4.78, 5) is 0. The van der Waals surface area contributed by atoms with Crippen molar-refractivity contribution in [3.63, 3.8) is 0 Å². The molecule has 0 amide bonds. The van der Waals surface area contributed by atoms with Crippen molar-refractivity contribution in [3.8, 4) is 0 Å². The van der Waals surface area contributed by atoms with E-state index in [0.717, 1.165) is 0 Å². The van der Waals surface area contributed by atoms with E-state index in [1.54, 1.807) is 0 Å². The van der Waals surface area contributed by atoms with Crippen LogP contribution < -0.4 is 12.3 Å². The van der Waals surface area contributed by atoms with Crippen LogP contribution in [0.25, 0.3) is 0 Å². The second-order valence-electron chi connectivity index (χ2n) is 0.408. The van der Waals surface area contributed by atoms with Crippen LogP contribution in [0.3, 0.4) is 0 Å². The molecule has 0 atom stereocenters. The minimum Gasteiger partial charge on any atom is -0.759 e. The summed E-state index contributed by atoms with van der Waals surface area (Å²) in [5.41, 5.74) is 0. The van der Waals surface area contributed by atoms with Crippen molar-refractivity contribution in [1.29, 1.82) is 0 Å². The van der Waals surface area contributed by atoms with Crippen LogP contribution >= 0.6 is 0 Å². The van der Waals surface area contributed by atoms with E-state index in [0.29, 0.717) is 0 Å². The van der Waals surface area contributed by atoms with Crippen LogP contribution in [0.5, 0.6) is 0 Å². The average Bonchev–Trinajstić information content (AvgIpc) is 1.36. The first-order valence-corrected chi connectivity index (χ1v) is 2.20. The maximum atomic E-state index is 8.52. The van der Waals surface area contributed by atoms with Crippen molar-refractivity contribution in [3.05, 3.63) is 0 Å². The van der Waals surface area contributed by atoms with Gasteiger partial charge in [-0.2, -0.15) is 0 Å². The summed E-state index contributed by atoms with van der Waals surface area (Å²) in [6.07, 6.45) is 0. The summed E-state index contributed by atoms with van der Waals surface area (Å²) in [6.45, 7) is 0. The molecule has 0 aromatic heterocycles. The summed E-state index contributed by atoms with van der Waals surface area (Å²) in [5.74, 6) is 0. The quantitative estimate of drug-likeness (QED) is 0.161. The third kappa shape index (κ3) is 2990. The molecule has 0 fully saturated rings. The molecule has 0 aromatic carbocycles. The van der Waals surface area contributed by atoms with Crippen LogP contribution in [0.4, 0.5) is 0 Å². The van der Waals surface area contributed by atoms with E-state index in [1.807, 2.05) is 0 Å². The van der Waals surface area contributed by atoms with Crippen molar-refractivity contribution in [2.24, 2.45) is 0 Å². The highest BCUT2D eigenvalue weighted by Crippen LogP contribution is 1.57. The van der Waals surface area contributed by atoms with E-state index in [4.69, 9.17) is 28.0 Å². The summed E-state index contributed by atoms with van der Waals surface area (Å²) in [7, 11) is -5.17. The van der Waals surface area contributed by atoms with E-state index in [2.05, 4.69) is 0 Å². The van der Waals surface area contributed by atoms with Crippen LogP contribution in [0, 0.1) is 0 Å². The smallest absolute Gasteiger partial charge is 0.0311 e. The van der Waals surface area contributed by atoms with E-state index in [1.165, 1.54) is 0 Å². The lowest BCUT2D eigenvalue weighted by Gasteiger charge is -2.06. The topological polar surface area (TPSA) is 194 Å². The Hall–Kier alpha value is -0.290. The fourth-order valence-electron chi connectivity index (χ4n) is 0. The molecule has 0 rings (SSSR count). The molecular weight excluding hydrogens is 156 g/mol. The van der Waals surface area contributed by atoms with Gasteiger partial charge in [0, 0.05) is 10.4 Å². The molecule has 0 saturated heterocycles. The third-order valence-corrected chi connectivity index (χ3v) is 0. The fraction of sp³-hybridized carbons (Fsp3) is 0. The SMILES string of the molecule is O=S(=O)([O-])[O-].OO.[NH4+].[NH4+]. The Balaban J connectivity index is -0.0000000286.